The molecule has 3 aromatic carbocycles. The molecule has 0 spiro atoms. The number of hydrogen-bond donors (Lipinski definition) is 0. The molecule has 0 atom stereocenters. The molecule has 0 fully saturated rings. The molecule has 122 valence electrons. The van der Waals surface area contributed by atoms with Gasteiger partial charge in [-0.15, -0.1) is 0 Å². The molecule has 4 rings (SSSR count). The van der Waals surface area contributed by atoms with Crippen molar-refractivity contribution in [3.63, 3.8) is 0 Å². The van der Waals surface area contributed by atoms with E-state index in [1.807, 2.05) is 86.6 Å². The number of benzene rings is 3. The summed E-state index contributed by atoms with van der Waals surface area (Å²) in [6.45, 7) is 4.08. The Morgan fingerprint density at radius 1 is 0.760 bits per heavy atom. The second-order valence-corrected chi connectivity index (χ2v) is 6.29. The first-order valence-corrected chi connectivity index (χ1v) is 8.29. The lowest BCUT2D eigenvalue weighted by Crippen LogP contribution is -2.21. The lowest BCUT2D eigenvalue weighted by molar-refractivity contribution is 0.974. The Hall–Kier alpha value is -3.20. The van der Waals surface area contributed by atoms with E-state index in [1.165, 1.54) is 5.56 Å². The van der Waals surface area contributed by atoms with E-state index in [0.717, 1.165) is 16.8 Å². The molecule has 3 nitrogen and oxygen atoms in total. The summed E-state index contributed by atoms with van der Waals surface area (Å²) in [4.78, 5) is 18.0. The molecule has 0 radical (unpaired) electrons. The molecule has 0 aliphatic rings. The molecule has 3 heteroatoms. The van der Waals surface area contributed by atoms with Crippen molar-refractivity contribution in [1.82, 2.24) is 9.55 Å². The molecule has 0 aliphatic heterocycles. The van der Waals surface area contributed by atoms with Crippen LogP contribution in [0.25, 0.3) is 28.0 Å². The van der Waals surface area contributed by atoms with Crippen molar-refractivity contribution >= 4 is 10.9 Å². The van der Waals surface area contributed by atoms with Crippen LogP contribution in [0, 0.1) is 13.8 Å². The summed E-state index contributed by atoms with van der Waals surface area (Å²) in [6.07, 6.45) is 0. The van der Waals surface area contributed by atoms with E-state index in [1.54, 1.807) is 4.57 Å². The zero-order valence-corrected chi connectivity index (χ0v) is 14.2. The van der Waals surface area contributed by atoms with Crippen LogP contribution in [0.15, 0.2) is 77.6 Å². The molecular weight excluding hydrogens is 308 g/mol. The van der Waals surface area contributed by atoms with Crippen molar-refractivity contribution in [2.45, 2.75) is 13.8 Å². The van der Waals surface area contributed by atoms with Crippen LogP contribution in [0.3, 0.4) is 0 Å². The average Bonchev–Trinajstić information content (AvgIpc) is 2.63. The summed E-state index contributed by atoms with van der Waals surface area (Å²) in [5.74, 6) is 0.660. The number of rotatable bonds is 2. The summed E-state index contributed by atoms with van der Waals surface area (Å²) in [6, 6.07) is 23.5. The third kappa shape index (κ3) is 2.74. The third-order valence-electron chi connectivity index (χ3n) is 4.38. The highest BCUT2D eigenvalue weighted by molar-refractivity contribution is 5.80. The molecule has 0 saturated carbocycles. The Labute approximate surface area is 146 Å². The first-order chi connectivity index (χ1) is 12.1. The third-order valence-corrected chi connectivity index (χ3v) is 4.38. The summed E-state index contributed by atoms with van der Waals surface area (Å²) in [7, 11) is 0. The number of para-hydroxylation sites is 1. The fraction of sp³-hybridized carbons (Fsp3) is 0.0909. The predicted molar refractivity (Wildman–Crippen MR) is 102 cm³/mol. The zero-order chi connectivity index (χ0) is 17.4. The van der Waals surface area contributed by atoms with Crippen LogP contribution in [0.1, 0.15) is 11.1 Å². The SMILES string of the molecule is Cc1ccc(-c2nc3ccccc3c(=O)n2-c2ccc(C)cc2)cc1. The van der Waals surface area contributed by atoms with Crippen LogP contribution in [0.4, 0.5) is 0 Å². The van der Waals surface area contributed by atoms with Gasteiger partial charge in [-0.3, -0.25) is 9.36 Å². The highest BCUT2D eigenvalue weighted by Crippen LogP contribution is 2.22. The molecule has 0 unspecified atom stereocenters. The van der Waals surface area contributed by atoms with Crippen molar-refractivity contribution in [2.24, 2.45) is 0 Å². The van der Waals surface area contributed by atoms with Gasteiger partial charge in [-0.2, -0.15) is 0 Å². The lowest BCUT2D eigenvalue weighted by atomic mass is 10.1. The molecule has 1 aromatic heterocycles. The highest BCUT2D eigenvalue weighted by Gasteiger charge is 2.14. The van der Waals surface area contributed by atoms with Gasteiger partial charge in [-0.25, -0.2) is 4.98 Å². The molecule has 0 bridgehead atoms. The Bertz CT molecular complexity index is 1110. The van der Waals surface area contributed by atoms with E-state index < -0.39 is 0 Å². The van der Waals surface area contributed by atoms with Crippen LogP contribution in [0.2, 0.25) is 0 Å². The highest BCUT2D eigenvalue weighted by atomic mass is 16.1. The Morgan fingerprint density at radius 2 is 1.36 bits per heavy atom. The molecule has 1 heterocycles. The van der Waals surface area contributed by atoms with Gasteiger partial charge in [0.1, 0.15) is 5.82 Å². The second-order valence-electron chi connectivity index (χ2n) is 6.29. The van der Waals surface area contributed by atoms with E-state index in [-0.39, 0.29) is 5.56 Å². The van der Waals surface area contributed by atoms with Gasteiger partial charge in [0.2, 0.25) is 0 Å². The van der Waals surface area contributed by atoms with Gasteiger partial charge in [0.05, 0.1) is 16.6 Å². The summed E-state index contributed by atoms with van der Waals surface area (Å²) < 4.78 is 1.70. The number of nitrogens with zero attached hydrogens (tertiary/aromatic N) is 2. The van der Waals surface area contributed by atoms with Crippen LogP contribution < -0.4 is 5.56 Å². The van der Waals surface area contributed by atoms with Gasteiger partial charge in [0, 0.05) is 5.56 Å². The molecule has 4 aromatic rings. The first kappa shape index (κ1) is 15.3. The lowest BCUT2D eigenvalue weighted by Gasteiger charge is -2.14. The number of aromatic nitrogens is 2. The molecule has 0 N–H and O–H groups in total. The van der Waals surface area contributed by atoms with Gasteiger partial charge in [0.25, 0.3) is 5.56 Å². The average molecular weight is 326 g/mol. The summed E-state index contributed by atoms with van der Waals surface area (Å²) >= 11 is 0. The maximum absolute atomic E-state index is 13.2. The Balaban J connectivity index is 2.09. The zero-order valence-electron chi connectivity index (χ0n) is 14.2. The minimum atomic E-state index is -0.0509. The monoisotopic (exact) mass is 326 g/mol. The number of aryl methyl sites for hydroxylation is 2. The van der Waals surface area contributed by atoms with Gasteiger partial charge < -0.3 is 0 Å². The molecule has 0 saturated heterocycles. The molecule has 0 amide bonds. The Morgan fingerprint density at radius 3 is 2.04 bits per heavy atom. The van der Waals surface area contributed by atoms with E-state index in [0.29, 0.717) is 16.7 Å². The number of fused-ring (bicyclic) bond motifs is 1. The summed E-state index contributed by atoms with van der Waals surface area (Å²) in [5.41, 5.74) is 4.74. The number of hydrogen-bond acceptors (Lipinski definition) is 2. The topological polar surface area (TPSA) is 34.9 Å². The van der Waals surface area contributed by atoms with Crippen LogP contribution in [0.5, 0.6) is 0 Å². The second kappa shape index (κ2) is 6.02. The summed E-state index contributed by atoms with van der Waals surface area (Å²) in [5, 5.41) is 0.624. The van der Waals surface area contributed by atoms with Gasteiger partial charge in [-0.05, 0) is 38.1 Å². The first-order valence-electron chi connectivity index (χ1n) is 8.29. The van der Waals surface area contributed by atoms with E-state index in [4.69, 9.17) is 4.98 Å². The minimum absolute atomic E-state index is 0.0509. The van der Waals surface area contributed by atoms with Crippen molar-refractivity contribution in [3.8, 4) is 17.1 Å². The standard InChI is InChI=1S/C22H18N2O/c1-15-7-11-17(12-8-15)21-23-20-6-4-3-5-19(20)22(25)24(21)18-13-9-16(2)10-14-18/h3-14H,1-2H3. The fourth-order valence-corrected chi connectivity index (χ4v) is 2.96. The van der Waals surface area contributed by atoms with Crippen LogP contribution in [-0.2, 0) is 0 Å². The van der Waals surface area contributed by atoms with Gasteiger partial charge >= 0.3 is 0 Å². The Kier molecular flexibility index (Phi) is 3.69. The molecular formula is C22H18N2O. The smallest absolute Gasteiger partial charge is 0.266 e. The van der Waals surface area contributed by atoms with E-state index in [2.05, 4.69) is 0 Å². The quantitative estimate of drug-likeness (QED) is 0.536. The largest absolute Gasteiger partial charge is 0.268 e. The maximum atomic E-state index is 13.2. The van der Waals surface area contributed by atoms with Gasteiger partial charge in [-0.1, -0.05) is 59.7 Å². The van der Waals surface area contributed by atoms with Gasteiger partial charge in [0.15, 0.2) is 0 Å². The van der Waals surface area contributed by atoms with E-state index >= 15 is 0 Å². The molecule has 25 heavy (non-hydrogen) atoms. The fourth-order valence-electron chi connectivity index (χ4n) is 2.96. The minimum Gasteiger partial charge on any atom is -0.268 e. The van der Waals surface area contributed by atoms with Crippen molar-refractivity contribution in [1.29, 1.82) is 0 Å². The van der Waals surface area contributed by atoms with Crippen molar-refractivity contribution < 1.29 is 0 Å². The predicted octanol–water partition coefficient (Wildman–Crippen LogP) is 4.67. The van der Waals surface area contributed by atoms with Crippen molar-refractivity contribution in [3.05, 3.63) is 94.3 Å². The normalized spacial score (nSPS) is 11.0. The maximum Gasteiger partial charge on any atom is 0.266 e. The van der Waals surface area contributed by atoms with Crippen molar-refractivity contribution in [2.75, 3.05) is 0 Å². The van der Waals surface area contributed by atoms with Crippen LogP contribution >= 0.6 is 0 Å². The van der Waals surface area contributed by atoms with E-state index in [9.17, 15) is 4.79 Å². The molecule has 0 aliphatic carbocycles. The van der Waals surface area contributed by atoms with Crippen LogP contribution in [-0.4, -0.2) is 9.55 Å².